The molecule has 0 spiro atoms. The van der Waals surface area contributed by atoms with Gasteiger partial charge in [0.25, 0.3) is 0 Å². The van der Waals surface area contributed by atoms with E-state index in [4.69, 9.17) is 0 Å². The molecule has 0 aromatic heterocycles. The van der Waals surface area contributed by atoms with E-state index in [1.165, 1.54) is 32.4 Å². The molecule has 63 valence electrons. The highest BCUT2D eigenvalue weighted by Gasteiger charge is 2.34. The van der Waals surface area contributed by atoms with Crippen molar-refractivity contribution in [1.29, 1.82) is 0 Å². The average molecular weight is 154 g/mol. The molecule has 2 unspecified atom stereocenters. The first kappa shape index (κ1) is 7.56. The Morgan fingerprint density at radius 3 is 2.36 bits per heavy atom. The molecule has 1 N–H and O–H groups in total. The highest BCUT2D eigenvalue weighted by Crippen LogP contribution is 2.27. The number of likely N-dealkylation sites (tertiary alicyclic amines) is 1. The lowest BCUT2D eigenvalue weighted by Gasteiger charge is -2.43. The summed E-state index contributed by atoms with van der Waals surface area (Å²) in [5, 5.41) is 9.41. The predicted octanol–water partition coefficient (Wildman–Crippen LogP) is 0.810. The highest BCUT2D eigenvalue weighted by molar-refractivity contribution is 4.91. The number of piperidine rings is 1. The SMILES string of the molecule is OC1CCC1N1CC[CH]CC1. The van der Waals surface area contributed by atoms with Gasteiger partial charge in [0.2, 0.25) is 0 Å². The van der Waals surface area contributed by atoms with Crippen LogP contribution < -0.4 is 0 Å². The summed E-state index contributed by atoms with van der Waals surface area (Å²) in [6, 6.07) is 0.503. The maximum Gasteiger partial charge on any atom is 0.0696 e. The molecule has 0 aromatic carbocycles. The summed E-state index contributed by atoms with van der Waals surface area (Å²) in [4.78, 5) is 2.44. The fraction of sp³-hybridized carbons (Fsp3) is 0.889. The van der Waals surface area contributed by atoms with E-state index < -0.39 is 0 Å². The van der Waals surface area contributed by atoms with Gasteiger partial charge in [-0.15, -0.1) is 0 Å². The zero-order chi connectivity index (χ0) is 7.68. The minimum atomic E-state index is -0.0203. The second-order valence-corrected chi connectivity index (χ2v) is 3.61. The molecule has 1 heterocycles. The summed E-state index contributed by atoms with van der Waals surface area (Å²) in [5.41, 5.74) is 0. The van der Waals surface area contributed by atoms with E-state index in [0.29, 0.717) is 6.04 Å². The van der Waals surface area contributed by atoms with Gasteiger partial charge in [-0.1, -0.05) is 0 Å². The number of hydrogen-bond donors (Lipinski definition) is 1. The molecule has 2 nitrogen and oxygen atoms in total. The van der Waals surface area contributed by atoms with Crippen LogP contribution in [0.25, 0.3) is 0 Å². The van der Waals surface area contributed by atoms with Crippen LogP contribution in [0.5, 0.6) is 0 Å². The molecule has 2 aliphatic rings. The lowest BCUT2D eigenvalue weighted by molar-refractivity contribution is -0.0244. The van der Waals surface area contributed by atoms with Crippen LogP contribution in [0.3, 0.4) is 0 Å². The maximum absolute atomic E-state index is 9.41. The van der Waals surface area contributed by atoms with Crippen LogP contribution >= 0.6 is 0 Å². The molecule has 0 amide bonds. The van der Waals surface area contributed by atoms with Gasteiger partial charge in [0.05, 0.1) is 6.10 Å². The molecule has 2 heteroatoms. The Kier molecular flexibility index (Phi) is 2.14. The smallest absolute Gasteiger partial charge is 0.0696 e. The number of aliphatic hydroxyl groups is 1. The molecule has 2 fully saturated rings. The molecule has 1 saturated heterocycles. The summed E-state index contributed by atoms with van der Waals surface area (Å²) in [7, 11) is 0. The minimum Gasteiger partial charge on any atom is -0.391 e. The van der Waals surface area contributed by atoms with Crippen LogP contribution in [0, 0.1) is 6.42 Å². The van der Waals surface area contributed by atoms with E-state index in [0.717, 1.165) is 6.42 Å². The fourth-order valence-electron chi connectivity index (χ4n) is 1.99. The van der Waals surface area contributed by atoms with Crippen molar-refractivity contribution in [2.75, 3.05) is 13.1 Å². The van der Waals surface area contributed by atoms with Gasteiger partial charge in [-0.3, -0.25) is 4.90 Å². The van der Waals surface area contributed by atoms with Gasteiger partial charge in [0.1, 0.15) is 0 Å². The maximum atomic E-state index is 9.41. The molecule has 2 rings (SSSR count). The molecule has 1 aliphatic heterocycles. The van der Waals surface area contributed by atoms with Crippen molar-refractivity contribution in [1.82, 2.24) is 4.90 Å². The van der Waals surface area contributed by atoms with E-state index in [1.807, 2.05) is 0 Å². The third-order valence-electron chi connectivity index (χ3n) is 2.91. The van der Waals surface area contributed by atoms with Gasteiger partial charge < -0.3 is 5.11 Å². The molecule has 1 radical (unpaired) electrons. The Labute approximate surface area is 68.2 Å². The minimum absolute atomic E-state index is 0.0203. The van der Waals surface area contributed by atoms with Gasteiger partial charge in [-0.25, -0.2) is 0 Å². The van der Waals surface area contributed by atoms with E-state index in [-0.39, 0.29) is 6.10 Å². The van der Waals surface area contributed by atoms with E-state index in [9.17, 15) is 5.11 Å². The summed E-state index contributed by atoms with van der Waals surface area (Å²) in [5.74, 6) is 0. The monoisotopic (exact) mass is 154 g/mol. The Balaban J connectivity index is 1.83. The fourth-order valence-corrected chi connectivity index (χ4v) is 1.99. The molecule has 11 heavy (non-hydrogen) atoms. The molecule has 1 aliphatic carbocycles. The normalized spacial score (nSPS) is 40.1. The van der Waals surface area contributed by atoms with E-state index in [1.54, 1.807) is 0 Å². The Morgan fingerprint density at radius 2 is 1.91 bits per heavy atom. The summed E-state index contributed by atoms with van der Waals surface area (Å²) < 4.78 is 0. The van der Waals surface area contributed by atoms with Gasteiger partial charge in [0, 0.05) is 6.04 Å². The molecule has 0 aromatic rings. The van der Waals surface area contributed by atoms with Crippen molar-refractivity contribution in [2.24, 2.45) is 0 Å². The number of rotatable bonds is 1. The van der Waals surface area contributed by atoms with Gasteiger partial charge >= 0.3 is 0 Å². The van der Waals surface area contributed by atoms with Gasteiger partial charge in [-0.2, -0.15) is 0 Å². The van der Waals surface area contributed by atoms with Crippen molar-refractivity contribution >= 4 is 0 Å². The molecule has 2 atom stereocenters. The second-order valence-electron chi connectivity index (χ2n) is 3.61. The Bertz CT molecular complexity index is 132. The number of nitrogens with zero attached hydrogens (tertiary/aromatic N) is 1. The van der Waals surface area contributed by atoms with E-state index in [2.05, 4.69) is 11.3 Å². The van der Waals surface area contributed by atoms with Crippen molar-refractivity contribution in [3.05, 3.63) is 6.42 Å². The number of aliphatic hydroxyl groups excluding tert-OH is 1. The Morgan fingerprint density at radius 1 is 1.18 bits per heavy atom. The predicted molar refractivity (Wildman–Crippen MR) is 44.1 cm³/mol. The van der Waals surface area contributed by atoms with Crippen LogP contribution in [-0.2, 0) is 0 Å². The van der Waals surface area contributed by atoms with Gasteiger partial charge in [0.15, 0.2) is 0 Å². The zero-order valence-electron chi connectivity index (χ0n) is 6.87. The first-order chi connectivity index (χ1) is 5.38. The summed E-state index contributed by atoms with van der Waals surface area (Å²) in [6.07, 6.45) is 6.98. The molecule has 0 bridgehead atoms. The Hall–Kier alpha value is -0.0800. The quantitative estimate of drug-likeness (QED) is 0.604. The van der Waals surface area contributed by atoms with Crippen LogP contribution in [0.2, 0.25) is 0 Å². The van der Waals surface area contributed by atoms with Gasteiger partial charge in [-0.05, 0) is 45.2 Å². The second kappa shape index (κ2) is 3.11. The summed E-state index contributed by atoms with van der Waals surface area (Å²) in [6.45, 7) is 2.34. The zero-order valence-corrected chi connectivity index (χ0v) is 6.87. The van der Waals surface area contributed by atoms with Crippen molar-refractivity contribution < 1.29 is 5.11 Å². The standard InChI is InChI=1S/C9H16NO/c11-9-5-4-8(9)10-6-2-1-3-7-10/h1,8-9,11H,2-7H2. The van der Waals surface area contributed by atoms with Crippen molar-refractivity contribution in [3.8, 4) is 0 Å². The van der Waals surface area contributed by atoms with Crippen LogP contribution in [-0.4, -0.2) is 35.2 Å². The third kappa shape index (κ3) is 1.42. The lowest BCUT2D eigenvalue weighted by atomic mass is 9.86. The largest absolute Gasteiger partial charge is 0.391 e. The topological polar surface area (TPSA) is 23.5 Å². The first-order valence-corrected chi connectivity index (χ1v) is 4.62. The molecule has 1 saturated carbocycles. The first-order valence-electron chi connectivity index (χ1n) is 4.62. The van der Waals surface area contributed by atoms with Crippen LogP contribution in [0.15, 0.2) is 0 Å². The number of hydrogen-bond acceptors (Lipinski definition) is 2. The highest BCUT2D eigenvalue weighted by atomic mass is 16.3. The van der Waals surface area contributed by atoms with Crippen molar-refractivity contribution in [3.63, 3.8) is 0 Å². The lowest BCUT2D eigenvalue weighted by Crippen LogP contribution is -2.52. The van der Waals surface area contributed by atoms with Crippen LogP contribution in [0.4, 0.5) is 0 Å². The van der Waals surface area contributed by atoms with E-state index >= 15 is 0 Å². The van der Waals surface area contributed by atoms with Crippen molar-refractivity contribution in [2.45, 2.75) is 37.8 Å². The molecular weight excluding hydrogens is 138 g/mol. The third-order valence-corrected chi connectivity index (χ3v) is 2.91. The molecular formula is C9H16NO. The summed E-state index contributed by atoms with van der Waals surface area (Å²) >= 11 is 0. The van der Waals surface area contributed by atoms with Crippen LogP contribution in [0.1, 0.15) is 25.7 Å². The average Bonchev–Trinajstić information content (AvgIpc) is 2.04.